The number of benzene rings is 1. The molecule has 1 unspecified atom stereocenters. The Morgan fingerprint density at radius 3 is 2.73 bits per heavy atom. The molecule has 76 valence electrons. The van der Waals surface area contributed by atoms with Gasteiger partial charge in [0.15, 0.2) is 0 Å². The van der Waals surface area contributed by atoms with Crippen LogP contribution in [0.1, 0.15) is 31.7 Å². The number of hydrogen-bond donors (Lipinski definition) is 0. The summed E-state index contributed by atoms with van der Waals surface area (Å²) in [5.74, 6) is 0.669. The first-order valence-corrected chi connectivity index (χ1v) is 5.87. The molecule has 0 amide bonds. The van der Waals surface area contributed by atoms with Gasteiger partial charge < -0.3 is 0 Å². The monoisotopic (exact) mass is 196 g/mol. The Labute approximate surface area is 91.3 Å². The minimum Gasteiger partial charge on any atom is -0.0804 e. The van der Waals surface area contributed by atoms with Gasteiger partial charge in [0.05, 0.1) is 0 Å². The van der Waals surface area contributed by atoms with Gasteiger partial charge in [0.25, 0.3) is 0 Å². The molecule has 1 aromatic carbocycles. The van der Waals surface area contributed by atoms with Crippen LogP contribution in [0.15, 0.2) is 47.6 Å². The molecule has 0 heterocycles. The molecule has 0 saturated heterocycles. The molecule has 0 heteroatoms. The molecule has 0 spiro atoms. The first-order valence-electron chi connectivity index (χ1n) is 5.87. The molecule has 0 bridgehead atoms. The fourth-order valence-corrected chi connectivity index (χ4v) is 2.91. The van der Waals surface area contributed by atoms with Gasteiger partial charge >= 0.3 is 0 Å². The summed E-state index contributed by atoms with van der Waals surface area (Å²) in [7, 11) is 0. The van der Waals surface area contributed by atoms with E-state index in [0.29, 0.717) is 5.92 Å². The van der Waals surface area contributed by atoms with Crippen molar-refractivity contribution in [3.05, 3.63) is 53.1 Å². The van der Waals surface area contributed by atoms with Crippen molar-refractivity contribution in [1.29, 1.82) is 0 Å². The summed E-state index contributed by atoms with van der Waals surface area (Å²) in [6.07, 6.45) is 6.35. The number of hydrogen-bond acceptors (Lipinski definition) is 0. The zero-order valence-electron chi connectivity index (χ0n) is 9.16. The maximum absolute atomic E-state index is 2.44. The number of rotatable bonds is 1. The molecular weight excluding hydrogens is 180 g/mol. The van der Waals surface area contributed by atoms with Crippen molar-refractivity contribution in [1.82, 2.24) is 0 Å². The van der Waals surface area contributed by atoms with E-state index in [1.807, 2.05) is 0 Å². The van der Waals surface area contributed by atoms with Crippen LogP contribution in [0.2, 0.25) is 0 Å². The fourth-order valence-electron chi connectivity index (χ4n) is 2.91. The van der Waals surface area contributed by atoms with Crippen LogP contribution < -0.4 is 0 Å². The molecule has 3 rings (SSSR count). The molecular formula is C15H16. The van der Waals surface area contributed by atoms with Crippen LogP contribution in [0.4, 0.5) is 0 Å². The highest BCUT2D eigenvalue weighted by atomic mass is 14.4. The van der Waals surface area contributed by atoms with Crippen LogP contribution in [-0.4, -0.2) is 0 Å². The van der Waals surface area contributed by atoms with Crippen LogP contribution in [0.3, 0.4) is 0 Å². The third-order valence-electron chi connectivity index (χ3n) is 3.65. The van der Waals surface area contributed by atoms with E-state index in [1.165, 1.54) is 24.8 Å². The SMILES string of the molecule is CC1C2=CCCCC2=C1c1ccccc1. The predicted molar refractivity (Wildman–Crippen MR) is 64.5 cm³/mol. The molecule has 1 atom stereocenters. The highest BCUT2D eigenvalue weighted by Crippen LogP contribution is 2.50. The lowest BCUT2D eigenvalue weighted by Crippen LogP contribution is -2.20. The first-order chi connectivity index (χ1) is 7.38. The van der Waals surface area contributed by atoms with E-state index in [4.69, 9.17) is 0 Å². The van der Waals surface area contributed by atoms with Crippen LogP contribution >= 0.6 is 0 Å². The minimum atomic E-state index is 0.669. The maximum Gasteiger partial charge on any atom is 0.00694 e. The van der Waals surface area contributed by atoms with Crippen molar-refractivity contribution in [3.63, 3.8) is 0 Å². The highest BCUT2D eigenvalue weighted by molar-refractivity contribution is 5.84. The second kappa shape index (κ2) is 3.37. The smallest absolute Gasteiger partial charge is 0.00694 e. The van der Waals surface area contributed by atoms with E-state index in [1.54, 1.807) is 16.7 Å². The normalized spacial score (nSPS) is 24.3. The zero-order chi connectivity index (χ0) is 10.3. The van der Waals surface area contributed by atoms with E-state index >= 15 is 0 Å². The second-order valence-corrected chi connectivity index (χ2v) is 4.53. The van der Waals surface area contributed by atoms with Crippen LogP contribution in [0, 0.1) is 5.92 Å². The lowest BCUT2D eigenvalue weighted by atomic mass is 9.67. The molecule has 2 aliphatic carbocycles. The van der Waals surface area contributed by atoms with Gasteiger partial charge in [0.2, 0.25) is 0 Å². The first kappa shape index (κ1) is 8.96. The van der Waals surface area contributed by atoms with Crippen molar-refractivity contribution < 1.29 is 0 Å². The summed E-state index contributed by atoms with van der Waals surface area (Å²) in [6.45, 7) is 2.34. The summed E-state index contributed by atoms with van der Waals surface area (Å²) in [5, 5.41) is 0. The fraction of sp³-hybridized carbons (Fsp3) is 0.333. The van der Waals surface area contributed by atoms with E-state index < -0.39 is 0 Å². The Kier molecular flexibility index (Phi) is 2.02. The van der Waals surface area contributed by atoms with E-state index in [2.05, 4.69) is 43.3 Å². The molecule has 0 fully saturated rings. The zero-order valence-corrected chi connectivity index (χ0v) is 9.16. The van der Waals surface area contributed by atoms with Crippen LogP contribution in [-0.2, 0) is 0 Å². The summed E-state index contributed by atoms with van der Waals surface area (Å²) in [4.78, 5) is 0. The third-order valence-corrected chi connectivity index (χ3v) is 3.65. The topological polar surface area (TPSA) is 0 Å². The van der Waals surface area contributed by atoms with Gasteiger partial charge in [-0.2, -0.15) is 0 Å². The highest BCUT2D eigenvalue weighted by Gasteiger charge is 2.32. The van der Waals surface area contributed by atoms with Gasteiger partial charge in [-0.1, -0.05) is 43.3 Å². The summed E-state index contributed by atoms with van der Waals surface area (Å²) in [5.41, 5.74) is 6.29. The molecule has 0 saturated carbocycles. The Balaban J connectivity index is 2.08. The standard InChI is InChI=1S/C15H16/c1-11-13-9-5-6-10-14(13)15(11)12-7-3-2-4-8-12/h2-4,7-9,11H,5-6,10H2,1H3. The minimum absolute atomic E-state index is 0.669. The molecule has 15 heavy (non-hydrogen) atoms. The average molecular weight is 196 g/mol. The van der Waals surface area contributed by atoms with Crippen molar-refractivity contribution >= 4 is 5.57 Å². The average Bonchev–Trinajstić information content (AvgIpc) is 2.30. The van der Waals surface area contributed by atoms with Gasteiger partial charge in [0, 0.05) is 5.92 Å². The molecule has 0 aromatic heterocycles. The third kappa shape index (κ3) is 1.28. The Hall–Kier alpha value is -1.30. The number of fused-ring (bicyclic) bond motifs is 1. The molecule has 1 aromatic rings. The Bertz CT molecular complexity index is 434. The van der Waals surface area contributed by atoms with Crippen LogP contribution in [0.25, 0.3) is 5.57 Å². The van der Waals surface area contributed by atoms with Crippen molar-refractivity contribution in [3.8, 4) is 0 Å². The summed E-state index contributed by atoms with van der Waals surface area (Å²) in [6, 6.07) is 10.9. The van der Waals surface area contributed by atoms with Gasteiger partial charge in [-0.05, 0) is 41.5 Å². The van der Waals surface area contributed by atoms with Gasteiger partial charge in [-0.3, -0.25) is 0 Å². The van der Waals surface area contributed by atoms with Gasteiger partial charge in [0.1, 0.15) is 0 Å². The van der Waals surface area contributed by atoms with Gasteiger partial charge in [-0.25, -0.2) is 0 Å². The van der Waals surface area contributed by atoms with Gasteiger partial charge in [-0.15, -0.1) is 0 Å². The van der Waals surface area contributed by atoms with Crippen LogP contribution in [0.5, 0.6) is 0 Å². The quantitative estimate of drug-likeness (QED) is 0.631. The molecule has 0 aliphatic heterocycles. The predicted octanol–water partition coefficient (Wildman–Crippen LogP) is 4.20. The molecule has 0 radical (unpaired) electrons. The van der Waals surface area contributed by atoms with E-state index in [9.17, 15) is 0 Å². The van der Waals surface area contributed by atoms with Crippen molar-refractivity contribution in [2.75, 3.05) is 0 Å². The molecule has 0 N–H and O–H groups in total. The largest absolute Gasteiger partial charge is 0.0804 e. The summed E-state index contributed by atoms with van der Waals surface area (Å²) < 4.78 is 0. The lowest BCUT2D eigenvalue weighted by Gasteiger charge is -2.37. The lowest BCUT2D eigenvalue weighted by molar-refractivity contribution is 0.701. The molecule has 2 aliphatic rings. The number of allylic oxidation sites excluding steroid dienone is 4. The van der Waals surface area contributed by atoms with Crippen molar-refractivity contribution in [2.45, 2.75) is 26.2 Å². The van der Waals surface area contributed by atoms with E-state index in [-0.39, 0.29) is 0 Å². The van der Waals surface area contributed by atoms with E-state index in [0.717, 1.165) is 0 Å². The maximum atomic E-state index is 2.44. The Morgan fingerprint density at radius 1 is 1.13 bits per heavy atom. The summed E-state index contributed by atoms with van der Waals surface area (Å²) >= 11 is 0. The Morgan fingerprint density at radius 2 is 1.93 bits per heavy atom. The van der Waals surface area contributed by atoms with Crippen molar-refractivity contribution in [2.24, 2.45) is 5.92 Å². The molecule has 0 nitrogen and oxygen atoms in total. The second-order valence-electron chi connectivity index (χ2n) is 4.53.